The normalized spacial score (nSPS) is 18.5. The van der Waals surface area contributed by atoms with E-state index < -0.39 is 6.10 Å². The Hall–Kier alpha value is -0.870. The Morgan fingerprint density at radius 3 is 2.29 bits per heavy atom. The molecule has 0 spiro atoms. The number of ether oxygens (including phenoxy) is 2. The third-order valence-electron chi connectivity index (χ3n) is 3.22. The maximum atomic E-state index is 12.6. The van der Waals surface area contributed by atoms with Crippen molar-refractivity contribution in [2.75, 3.05) is 26.3 Å². The number of hydrogen-bond acceptors (Lipinski definition) is 3. The summed E-state index contributed by atoms with van der Waals surface area (Å²) in [5.41, 5.74) is -0.321. The second-order valence-electron chi connectivity index (χ2n) is 6.99. The molecule has 0 N–H and O–H groups in total. The van der Waals surface area contributed by atoms with Crippen molar-refractivity contribution in [1.29, 1.82) is 0 Å². The Labute approximate surface area is 129 Å². The van der Waals surface area contributed by atoms with Crippen LogP contribution in [0.25, 0.3) is 0 Å². The van der Waals surface area contributed by atoms with Gasteiger partial charge in [0.1, 0.15) is 6.10 Å². The Kier molecular flexibility index (Phi) is 7.40. The maximum absolute atomic E-state index is 12.6. The molecular weight excluding hydrogens is 266 g/mol. The Balaban J connectivity index is 2.62. The molecule has 1 rings (SSSR count). The fraction of sp³-hybridized carbons (Fsp3) is 0.824. The third kappa shape index (κ3) is 7.63. The molecule has 1 atom stereocenters. The summed E-state index contributed by atoms with van der Waals surface area (Å²) < 4.78 is 11.3. The van der Waals surface area contributed by atoms with Gasteiger partial charge >= 0.3 is 0 Å². The Morgan fingerprint density at radius 2 is 1.76 bits per heavy atom. The standard InChI is InChI=1S/C17H31NO3/c1-14(2)8-6-7-9-15(21-17(3,4)5)16(19)18-10-12-20-13-11-18/h6-7,14-15H,8-13H2,1-5H3/b7-6+. The first-order chi connectivity index (χ1) is 9.79. The molecule has 1 heterocycles. The summed E-state index contributed by atoms with van der Waals surface area (Å²) >= 11 is 0. The molecule has 1 saturated heterocycles. The van der Waals surface area contributed by atoms with Crippen LogP contribution in [0.1, 0.15) is 47.5 Å². The maximum Gasteiger partial charge on any atom is 0.252 e. The largest absolute Gasteiger partial charge is 0.378 e. The molecule has 0 saturated carbocycles. The smallest absolute Gasteiger partial charge is 0.252 e. The van der Waals surface area contributed by atoms with Crippen molar-refractivity contribution < 1.29 is 14.3 Å². The van der Waals surface area contributed by atoms with Crippen LogP contribution in [-0.4, -0.2) is 48.8 Å². The number of hydrogen-bond donors (Lipinski definition) is 0. The summed E-state index contributed by atoms with van der Waals surface area (Å²) in [5.74, 6) is 0.723. The topological polar surface area (TPSA) is 38.8 Å². The molecule has 21 heavy (non-hydrogen) atoms. The minimum atomic E-state index is -0.397. The van der Waals surface area contributed by atoms with Crippen LogP contribution in [0.2, 0.25) is 0 Å². The molecule has 1 amide bonds. The van der Waals surface area contributed by atoms with Gasteiger partial charge in [0.15, 0.2) is 0 Å². The highest BCUT2D eigenvalue weighted by molar-refractivity contribution is 5.81. The van der Waals surface area contributed by atoms with Crippen molar-refractivity contribution in [3.8, 4) is 0 Å². The quantitative estimate of drug-likeness (QED) is 0.707. The molecule has 0 aromatic carbocycles. The molecule has 0 radical (unpaired) electrons. The van der Waals surface area contributed by atoms with Crippen LogP contribution in [0.5, 0.6) is 0 Å². The molecule has 0 bridgehead atoms. The lowest BCUT2D eigenvalue weighted by molar-refractivity contribution is -0.156. The van der Waals surface area contributed by atoms with E-state index in [1.165, 1.54) is 0 Å². The lowest BCUT2D eigenvalue weighted by Gasteiger charge is -2.33. The molecule has 122 valence electrons. The summed E-state index contributed by atoms with van der Waals surface area (Å²) in [4.78, 5) is 14.5. The highest BCUT2D eigenvalue weighted by Gasteiger charge is 2.29. The molecule has 0 aliphatic carbocycles. The predicted octanol–water partition coefficient (Wildman–Crippen LogP) is 3.02. The van der Waals surface area contributed by atoms with Crippen molar-refractivity contribution in [2.45, 2.75) is 59.2 Å². The number of nitrogens with zero attached hydrogens (tertiary/aromatic N) is 1. The Bertz CT molecular complexity index is 338. The fourth-order valence-electron chi connectivity index (χ4n) is 2.20. The van der Waals surface area contributed by atoms with Crippen LogP contribution in [0.3, 0.4) is 0 Å². The number of amides is 1. The third-order valence-corrected chi connectivity index (χ3v) is 3.22. The first-order valence-electron chi connectivity index (χ1n) is 7.99. The van der Waals surface area contributed by atoms with Gasteiger partial charge in [-0.3, -0.25) is 4.79 Å². The van der Waals surface area contributed by atoms with E-state index in [1.54, 1.807) is 0 Å². The molecule has 0 aromatic rings. The van der Waals surface area contributed by atoms with Gasteiger partial charge < -0.3 is 14.4 Å². The van der Waals surface area contributed by atoms with Gasteiger partial charge in [0.2, 0.25) is 0 Å². The zero-order valence-electron chi connectivity index (χ0n) is 14.2. The van der Waals surface area contributed by atoms with E-state index in [9.17, 15) is 4.79 Å². The van der Waals surface area contributed by atoms with Gasteiger partial charge in [-0.2, -0.15) is 0 Å². The van der Waals surface area contributed by atoms with Crippen molar-refractivity contribution in [2.24, 2.45) is 5.92 Å². The van der Waals surface area contributed by atoms with E-state index in [2.05, 4.69) is 26.0 Å². The van der Waals surface area contributed by atoms with Crippen LogP contribution >= 0.6 is 0 Å². The Morgan fingerprint density at radius 1 is 1.19 bits per heavy atom. The van der Waals surface area contributed by atoms with Gasteiger partial charge in [0.25, 0.3) is 5.91 Å². The molecule has 4 heteroatoms. The highest BCUT2D eigenvalue weighted by Crippen LogP contribution is 2.17. The summed E-state index contributed by atoms with van der Waals surface area (Å²) in [6, 6.07) is 0. The number of rotatable bonds is 6. The SMILES string of the molecule is CC(C)C/C=C/CC(OC(C)(C)C)C(=O)N1CCOCC1. The predicted molar refractivity (Wildman–Crippen MR) is 85.2 cm³/mol. The summed E-state index contributed by atoms with van der Waals surface area (Å²) in [5, 5.41) is 0. The lowest BCUT2D eigenvalue weighted by Crippen LogP contribution is -2.48. The zero-order valence-corrected chi connectivity index (χ0v) is 14.2. The summed E-state index contributed by atoms with van der Waals surface area (Å²) in [6.07, 6.45) is 5.51. The van der Waals surface area contributed by atoms with Gasteiger partial charge in [-0.25, -0.2) is 0 Å². The van der Waals surface area contributed by atoms with Gasteiger partial charge in [0.05, 0.1) is 18.8 Å². The lowest BCUT2D eigenvalue weighted by atomic mass is 10.1. The van der Waals surface area contributed by atoms with Crippen molar-refractivity contribution >= 4 is 5.91 Å². The number of carbonyl (C=O) groups excluding carboxylic acids is 1. The van der Waals surface area contributed by atoms with E-state index in [4.69, 9.17) is 9.47 Å². The molecular formula is C17H31NO3. The first-order valence-corrected chi connectivity index (χ1v) is 7.99. The van der Waals surface area contributed by atoms with E-state index in [-0.39, 0.29) is 11.5 Å². The van der Waals surface area contributed by atoms with Crippen LogP contribution in [0, 0.1) is 5.92 Å². The number of morpholine rings is 1. The number of carbonyl (C=O) groups is 1. The van der Waals surface area contributed by atoms with Crippen molar-refractivity contribution in [1.82, 2.24) is 4.90 Å². The highest BCUT2D eigenvalue weighted by atomic mass is 16.5. The minimum Gasteiger partial charge on any atom is -0.378 e. The van der Waals surface area contributed by atoms with Gasteiger partial charge in [-0.15, -0.1) is 0 Å². The van der Waals surface area contributed by atoms with E-state index in [0.717, 1.165) is 6.42 Å². The molecule has 4 nitrogen and oxygen atoms in total. The van der Waals surface area contributed by atoms with E-state index >= 15 is 0 Å². The zero-order chi connectivity index (χ0) is 15.9. The van der Waals surface area contributed by atoms with Crippen LogP contribution in [-0.2, 0) is 14.3 Å². The fourth-order valence-corrected chi connectivity index (χ4v) is 2.20. The average molecular weight is 297 g/mol. The molecule has 1 aliphatic heterocycles. The van der Waals surface area contributed by atoms with E-state index in [1.807, 2.05) is 25.7 Å². The van der Waals surface area contributed by atoms with Crippen molar-refractivity contribution in [3.63, 3.8) is 0 Å². The van der Waals surface area contributed by atoms with Gasteiger partial charge in [-0.05, 0) is 33.1 Å². The first kappa shape index (κ1) is 18.2. The molecule has 1 unspecified atom stereocenters. The molecule has 1 fully saturated rings. The summed E-state index contributed by atoms with van der Waals surface area (Å²) in [6.45, 7) is 12.9. The van der Waals surface area contributed by atoms with Crippen LogP contribution in [0.4, 0.5) is 0 Å². The monoisotopic (exact) mass is 297 g/mol. The minimum absolute atomic E-state index is 0.0856. The molecule has 1 aliphatic rings. The second kappa shape index (κ2) is 8.54. The van der Waals surface area contributed by atoms with Gasteiger partial charge in [0, 0.05) is 19.5 Å². The average Bonchev–Trinajstić information content (AvgIpc) is 2.41. The van der Waals surface area contributed by atoms with Crippen LogP contribution < -0.4 is 0 Å². The van der Waals surface area contributed by atoms with Crippen LogP contribution in [0.15, 0.2) is 12.2 Å². The molecule has 0 aromatic heterocycles. The number of allylic oxidation sites excluding steroid dienone is 1. The van der Waals surface area contributed by atoms with E-state index in [0.29, 0.717) is 38.6 Å². The van der Waals surface area contributed by atoms with Crippen molar-refractivity contribution in [3.05, 3.63) is 12.2 Å². The summed E-state index contributed by atoms with van der Waals surface area (Å²) in [7, 11) is 0. The second-order valence-corrected chi connectivity index (χ2v) is 6.99. The van der Waals surface area contributed by atoms with Gasteiger partial charge in [-0.1, -0.05) is 26.0 Å².